The number of phenolic OH excluding ortho intramolecular Hbond substituents is 2. The van der Waals surface area contributed by atoms with Gasteiger partial charge in [0.15, 0.2) is 22.8 Å². The summed E-state index contributed by atoms with van der Waals surface area (Å²) in [5.74, 6) is 0.661. The maximum absolute atomic E-state index is 9.93. The largest absolute Gasteiger partial charge is 0.504 e. The van der Waals surface area contributed by atoms with Gasteiger partial charge in [-0.15, -0.1) is 0 Å². The van der Waals surface area contributed by atoms with E-state index in [-0.39, 0.29) is 17.2 Å². The third-order valence-electron chi connectivity index (χ3n) is 3.38. The van der Waals surface area contributed by atoms with E-state index in [1.54, 1.807) is 12.1 Å². The van der Waals surface area contributed by atoms with Crippen molar-refractivity contribution in [1.82, 2.24) is 0 Å². The van der Waals surface area contributed by atoms with Crippen molar-refractivity contribution in [2.75, 3.05) is 14.2 Å². The maximum Gasteiger partial charge on any atom is 0.204 e. The van der Waals surface area contributed by atoms with Crippen LogP contribution in [0.4, 0.5) is 0 Å². The Morgan fingerprint density at radius 2 is 1.65 bits per heavy atom. The summed E-state index contributed by atoms with van der Waals surface area (Å²) in [4.78, 5) is 0. The predicted octanol–water partition coefficient (Wildman–Crippen LogP) is 3.32. The van der Waals surface area contributed by atoms with E-state index in [9.17, 15) is 10.2 Å². The van der Waals surface area contributed by atoms with Crippen LogP contribution in [0.5, 0.6) is 23.0 Å². The summed E-state index contributed by atoms with van der Waals surface area (Å²) < 4.78 is 16.2. The molecule has 0 saturated heterocycles. The fourth-order valence-corrected chi connectivity index (χ4v) is 2.55. The summed E-state index contributed by atoms with van der Waals surface area (Å²) >= 11 is 0. The smallest absolute Gasteiger partial charge is 0.204 e. The summed E-state index contributed by atoms with van der Waals surface area (Å²) in [5, 5.41) is 21.3. The molecule has 1 aromatic heterocycles. The van der Waals surface area contributed by atoms with Crippen molar-refractivity contribution in [3.8, 4) is 23.0 Å². The lowest BCUT2D eigenvalue weighted by Crippen LogP contribution is -1.87. The average molecular weight is 274 g/mol. The number of hydrogen-bond donors (Lipinski definition) is 2. The van der Waals surface area contributed by atoms with Crippen LogP contribution in [-0.2, 0) is 0 Å². The highest BCUT2D eigenvalue weighted by atomic mass is 16.5. The normalized spacial score (nSPS) is 11.2. The molecule has 0 unspecified atom stereocenters. The van der Waals surface area contributed by atoms with Gasteiger partial charge >= 0.3 is 0 Å². The Morgan fingerprint density at radius 1 is 0.950 bits per heavy atom. The number of fused-ring (bicyclic) bond motifs is 3. The molecule has 0 aliphatic carbocycles. The Kier molecular flexibility index (Phi) is 2.64. The van der Waals surface area contributed by atoms with Crippen LogP contribution in [0.25, 0.3) is 21.9 Å². The van der Waals surface area contributed by atoms with Crippen LogP contribution in [0, 0.1) is 6.92 Å². The second-order valence-corrected chi connectivity index (χ2v) is 4.54. The molecule has 5 nitrogen and oxygen atoms in total. The summed E-state index contributed by atoms with van der Waals surface area (Å²) in [6.07, 6.45) is 0. The number of methoxy groups -OCH3 is 2. The van der Waals surface area contributed by atoms with Gasteiger partial charge in [-0.3, -0.25) is 0 Å². The van der Waals surface area contributed by atoms with E-state index in [0.29, 0.717) is 22.3 Å². The summed E-state index contributed by atoms with van der Waals surface area (Å²) in [6.45, 7) is 1.85. The second kappa shape index (κ2) is 4.23. The van der Waals surface area contributed by atoms with E-state index in [1.165, 1.54) is 20.3 Å². The molecule has 2 N–H and O–H groups in total. The molecule has 0 saturated carbocycles. The molecule has 3 aromatic rings. The number of hydrogen-bond acceptors (Lipinski definition) is 5. The molecule has 0 atom stereocenters. The highest BCUT2D eigenvalue weighted by molar-refractivity contribution is 6.13. The van der Waals surface area contributed by atoms with Gasteiger partial charge in [-0.05, 0) is 30.7 Å². The lowest BCUT2D eigenvalue weighted by atomic mass is 10.1. The number of aryl methyl sites for hydroxylation is 1. The van der Waals surface area contributed by atoms with Crippen LogP contribution >= 0.6 is 0 Å². The monoisotopic (exact) mass is 274 g/mol. The minimum atomic E-state index is 0.0137. The Bertz CT molecular complexity index is 816. The van der Waals surface area contributed by atoms with Crippen LogP contribution in [-0.4, -0.2) is 24.4 Å². The second-order valence-electron chi connectivity index (χ2n) is 4.54. The quantitative estimate of drug-likeness (QED) is 0.750. The Labute approximate surface area is 114 Å². The molecule has 1 heterocycles. The first-order valence-electron chi connectivity index (χ1n) is 6.07. The lowest BCUT2D eigenvalue weighted by molar-refractivity contribution is 0.372. The van der Waals surface area contributed by atoms with Gasteiger partial charge in [0, 0.05) is 5.39 Å². The molecule has 0 fully saturated rings. The summed E-state index contributed by atoms with van der Waals surface area (Å²) in [5.41, 5.74) is 1.80. The molecule has 20 heavy (non-hydrogen) atoms. The van der Waals surface area contributed by atoms with Crippen LogP contribution < -0.4 is 9.47 Å². The van der Waals surface area contributed by atoms with Crippen LogP contribution in [0.15, 0.2) is 22.6 Å². The number of benzene rings is 2. The highest BCUT2D eigenvalue weighted by Crippen LogP contribution is 2.47. The van der Waals surface area contributed by atoms with Crippen LogP contribution in [0.1, 0.15) is 5.56 Å². The molecule has 0 radical (unpaired) electrons. The van der Waals surface area contributed by atoms with E-state index in [0.717, 1.165) is 10.9 Å². The van der Waals surface area contributed by atoms with Crippen molar-refractivity contribution < 1.29 is 24.1 Å². The van der Waals surface area contributed by atoms with Gasteiger partial charge in [-0.1, -0.05) is 0 Å². The van der Waals surface area contributed by atoms with Crippen molar-refractivity contribution in [3.63, 3.8) is 0 Å². The van der Waals surface area contributed by atoms with E-state index >= 15 is 0 Å². The van der Waals surface area contributed by atoms with Crippen molar-refractivity contribution in [2.24, 2.45) is 0 Å². The van der Waals surface area contributed by atoms with E-state index in [2.05, 4.69) is 0 Å². The fraction of sp³-hybridized carbons (Fsp3) is 0.200. The van der Waals surface area contributed by atoms with E-state index in [4.69, 9.17) is 13.9 Å². The van der Waals surface area contributed by atoms with Gasteiger partial charge in [0.2, 0.25) is 5.75 Å². The first kappa shape index (κ1) is 12.5. The average Bonchev–Trinajstić information content (AvgIpc) is 2.78. The van der Waals surface area contributed by atoms with Gasteiger partial charge in [0.1, 0.15) is 5.58 Å². The number of furan rings is 1. The molecule has 5 heteroatoms. The van der Waals surface area contributed by atoms with Crippen molar-refractivity contribution >= 4 is 21.9 Å². The zero-order valence-corrected chi connectivity index (χ0v) is 11.4. The zero-order chi connectivity index (χ0) is 14.4. The third kappa shape index (κ3) is 1.49. The molecule has 0 aliphatic heterocycles. The minimum absolute atomic E-state index is 0.0137. The lowest BCUT2D eigenvalue weighted by Gasteiger charge is -2.07. The number of rotatable bonds is 2. The van der Waals surface area contributed by atoms with Crippen molar-refractivity contribution in [3.05, 3.63) is 23.8 Å². The molecule has 0 amide bonds. The van der Waals surface area contributed by atoms with Gasteiger partial charge < -0.3 is 24.1 Å². The topological polar surface area (TPSA) is 72.1 Å². The van der Waals surface area contributed by atoms with Crippen LogP contribution in [0.2, 0.25) is 0 Å². The van der Waals surface area contributed by atoms with Gasteiger partial charge in [0.25, 0.3) is 0 Å². The first-order valence-corrected chi connectivity index (χ1v) is 6.07. The molecule has 2 aromatic carbocycles. The minimum Gasteiger partial charge on any atom is -0.504 e. The molecule has 0 aliphatic rings. The Balaban J connectivity index is 2.60. The zero-order valence-electron chi connectivity index (χ0n) is 11.4. The fourth-order valence-electron chi connectivity index (χ4n) is 2.55. The van der Waals surface area contributed by atoms with E-state index < -0.39 is 0 Å². The van der Waals surface area contributed by atoms with Gasteiger partial charge in [-0.25, -0.2) is 0 Å². The molecular weight excluding hydrogens is 260 g/mol. The van der Waals surface area contributed by atoms with Crippen LogP contribution in [0.3, 0.4) is 0 Å². The van der Waals surface area contributed by atoms with Crippen molar-refractivity contribution in [1.29, 1.82) is 0 Å². The molecule has 3 rings (SSSR count). The number of aromatic hydroxyl groups is 2. The van der Waals surface area contributed by atoms with Gasteiger partial charge in [-0.2, -0.15) is 0 Å². The Hall–Kier alpha value is -2.56. The predicted molar refractivity (Wildman–Crippen MR) is 74.9 cm³/mol. The standard InChI is InChI=1S/C15H14O5/c1-7-6-9(17)14(19-3)15-11(7)12-10(20-15)5-4-8(16)13(12)18-2/h4-6,16-17H,1-3H3. The van der Waals surface area contributed by atoms with Gasteiger partial charge in [0.05, 0.1) is 19.6 Å². The molecule has 104 valence electrons. The number of ether oxygens (including phenoxy) is 2. The molecule has 0 spiro atoms. The SMILES string of the molecule is COc1c(O)cc(C)c2c1oc1ccc(O)c(OC)c12. The summed E-state index contributed by atoms with van der Waals surface area (Å²) in [6, 6.07) is 4.76. The molecular formula is C15H14O5. The molecule has 0 bridgehead atoms. The summed E-state index contributed by atoms with van der Waals surface area (Å²) in [7, 11) is 2.95. The third-order valence-corrected chi connectivity index (χ3v) is 3.38. The maximum atomic E-state index is 9.93. The number of phenols is 2. The van der Waals surface area contributed by atoms with Crippen molar-refractivity contribution in [2.45, 2.75) is 6.92 Å². The Morgan fingerprint density at radius 3 is 2.30 bits per heavy atom. The highest BCUT2D eigenvalue weighted by Gasteiger charge is 2.21. The first-order chi connectivity index (χ1) is 9.58. The van der Waals surface area contributed by atoms with E-state index in [1.807, 2.05) is 6.92 Å².